The molecule has 5 heteroatoms. The van der Waals surface area contributed by atoms with Gasteiger partial charge < -0.3 is 14.0 Å². The molecule has 4 unspecified atom stereocenters. The first-order valence-corrected chi connectivity index (χ1v) is 18.6. The Morgan fingerprint density at radius 3 is 2.21 bits per heavy atom. The van der Waals surface area contributed by atoms with Crippen LogP contribution in [0.3, 0.4) is 0 Å². The van der Waals surface area contributed by atoms with E-state index in [-0.39, 0.29) is 17.5 Å². The topological polar surface area (TPSA) is 38.8 Å². The van der Waals surface area contributed by atoms with E-state index >= 15 is 0 Å². The second kappa shape index (κ2) is 9.24. The summed E-state index contributed by atoms with van der Waals surface area (Å²) in [5, 5.41) is 0. The van der Waals surface area contributed by atoms with Crippen molar-refractivity contribution < 1.29 is 18.8 Å². The SMILES string of the molecule is CC1(C)CC[C@]23CC[C@]4(C)C(CCC5[C@@]6(C)CC[C@H](OC(=O)C[N+]78CCN(CC7)CC8)C(C)(C)C6CC[C@]54C)C2[C@H]1OC3. The summed E-state index contributed by atoms with van der Waals surface area (Å²) < 4.78 is 14.3. The molecular weight excluding hydrogens is 532 g/mol. The number of quaternary nitrogens is 1. The fourth-order valence-corrected chi connectivity index (χ4v) is 14.6. The van der Waals surface area contributed by atoms with Crippen molar-refractivity contribution in [2.45, 2.75) is 125 Å². The summed E-state index contributed by atoms with van der Waals surface area (Å²) in [6, 6.07) is 0. The van der Waals surface area contributed by atoms with Crippen LogP contribution in [-0.2, 0) is 14.3 Å². The van der Waals surface area contributed by atoms with Gasteiger partial charge in [0.2, 0.25) is 0 Å². The van der Waals surface area contributed by atoms with E-state index in [1.54, 1.807) is 0 Å². The molecule has 4 aliphatic heterocycles. The first kappa shape index (κ1) is 29.7. The van der Waals surface area contributed by atoms with E-state index < -0.39 is 0 Å². The van der Waals surface area contributed by atoms with Crippen LogP contribution < -0.4 is 0 Å². The van der Waals surface area contributed by atoms with Gasteiger partial charge in [-0.2, -0.15) is 0 Å². The maximum Gasteiger partial charge on any atom is 0.362 e. The molecule has 9 aliphatic rings. The standard InChI is InChI=1S/C38H63N2O3/c1-33(2)14-16-38-17-15-36(6)26(31(38)32(33)42-25-38)8-9-28-35(5)12-11-29(34(3,4)27(35)10-13-37(28,36)7)43-30(41)24-40-21-18-39(19-22-40)20-23-40/h26-29,31-32H,8-25H2,1-7H3/q+1/t26?,27?,28?,29-,31?,32+,35-,36+,37+,38+/m0/s1. The molecule has 242 valence electrons. The predicted molar refractivity (Wildman–Crippen MR) is 170 cm³/mol. The smallest absolute Gasteiger partial charge is 0.362 e. The maximum atomic E-state index is 13.5. The molecule has 0 aromatic heterocycles. The minimum absolute atomic E-state index is 0.0271. The number of ether oxygens (including phenoxy) is 2. The van der Waals surface area contributed by atoms with Crippen LogP contribution in [0.15, 0.2) is 0 Å². The van der Waals surface area contributed by atoms with E-state index in [1.807, 2.05) is 0 Å². The first-order valence-electron chi connectivity index (χ1n) is 18.6. The predicted octanol–water partition coefficient (Wildman–Crippen LogP) is 6.93. The van der Waals surface area contributed by atoms with E-state index in [4.69, 9.17) is 9.47 Å². The molecule has 0 spiro atoms. The molecular formula is C38H63N2O3+. The lowest BCUT2D eigenvalue weighted by atomic mass is 9.31. The van der Waals surface area contributed by atoms with Gasteiger partial charge in [-0.3, -0.25) is 4.90 Å². The van der Waals surface area contributed by atoms with Gasteiger partial charge in [0.1, 0.15) is 6.10 Å². The van der Waals surface area contributed by atoms with E-state index in [0.29, 0.717) is 45.6 Å². The van der Waals surface area contributed by atoms with Crippen molar-refractivity contribution in [2.75, 3.05) is 52.4 Å². The molecule has 5 aliphatic carbocycles. The van der Waals surface area contributed by atoms with E-state index in [2.05, 4.69) is 53.4 Å². The minimum Gasteiger partial charge on any atom is -0.458 e. The van der Waals surface area contributed by atoms with E-state index in [0.717, 1.165) is 74.5 Å². The Morgan fingerprint density at radius 1 is 0.791 bits per heavy atom. The third-order valence-electron chi connectivity index (χ3n) is 17.5. The van der Waals surface area contributed by atoms with Gasteiger partial charge >= 0.3 is 5.97 Å². The fourth-order valence-electron chi connectivity index (χ4n) is 14.6. The van der Waals surface area contributed by atoms with Gasteiger partial charge in [-0.05, 0) is 115 Å². The van der Waals surface area contributed by atoms with Crippen molar-refractivity contribution in [3.63, 3.8) is 0 Å². The van der Waals surface area contributed by atoms with Gasteiger partial charge in [0.05, 0.1) is 32.3 Å². The summed E-state index contributed by atoms with van der Waals surface area (Å²) in [6.07, 6.45) is 13.7. The summed E-state index contributed by atoms with van der Waals surface area (Å²) >= 11 is 0. The highest BCUT2D eigenvalue weighted by atomic mass is 16.5. The summed E-state index contributed by atoms with van der Waals surface area (Å²) in [5.41, 5.74) is 1.92. The second-order valence-corrected chi connectivity index (χ2v) is 19.6. The Hall–Kier alpha value is -0.650. The van der Waals surface area contributed by atoms with Crippen LogP contribution in [0.1, 0.15) is 113 Å². The number of fused-ring (bicyclic) bond motifs is 8. The number of carbonyl (C=O) groups is 1. The van der Waals surface area contributed by atoms with Crippen molar-refractivity contribution in [1.29, 1.82) is 0 Å². The molecule has 0 radical (unpaired) electrons. The second-order valence-electron chi connectivity index (χ2n) is 19.6. The molecule has 0 aromatic rings. The number of nitrogens with zero attached hydrogens (tertiary/aromatic N) is 2. The average Bonchev–Trinajstić information content (AvgIpc) is 3.30. The van der Waals surface area contributed by atoms with Crippen LogP contribution in [0, 0.1) is 56.2 Å². The molecule has 0 N–H and O–H groups in total. The first-order chi connectivity index (χ1) is 20.2. The lowest BCUT2D eigenvalue weighted by Gasteiger charge is -2.73. The summed E-state index contributed by atoms with van der Waals surface area (Å²) in [4.78, 5) is 16.1. The normalized spacial score (nSPS) is 55.8. The minimum atomic E-state index is 0.0271. The Balaban J connectivity index is 1.02. The molecule has 4 bridgehead atoms. The van der Waals surface area contributed by atoms with Crippen molar-refractivity contribution in [1.82, 2.24) is 4.90 Å². The molecule has 9 fully saturated rings. The number of esters is 1. The fraction of sp³-hybridized carbons (Fsp3) is 0.974. The quantitative estimate of drug-likeness (QED) is 0.262. The molecule has 4 saturated heterocycles. The number of hydrogen-bond acceptors (Lipinski definition) is 4. The number of piperazine rings is 3. The van der Waals surface area contributed by atoms with Crippen molar-refractivity contribution in [3.05, 3.63) is 0 Å². The number of carbonyl (C=O) groups excluding carboxylic acids is 1. The lowest BCUT2D eigenvalue weighted by molar-refractivity contribution is -0.934. The van der Waals surface area contributed by atoms with Gasteiger partial charge in [0, 0.05) is 25.0 Å². The van der Waals surface area contributed by atoms with E-state index in [9.17, 15) is 4.79 Å². The summed E-state index contributed by atoms with van der Waals surface area (Å²) in [6.45, 7) is 26.6. The maximum absolute atomic E-state index is 13.5. The van der Waals surface area contributed by atoms with E-state index in [1.165, 1.54) is 57.8 Å². The molecule has 10 atom stereocenters. The Kier molecular flexibility index (Phi) is 6.39. The summed E-state index contributed by atoms with van der Waals surface area (Å²) in [5.74, 6) is 3.04. The van der Waals surface area contributed by atoms with Gasteiger partial charge in [0.25, 0.3) is 0 Å². The highest BCUT2D eigenvalue weighted by Crippen LogP contribution is 2.78. The van der Waals surface area contributed by atoms with Gasteiger partial charge in [-0.15, -0.1) is 0 Å². The number of rotatable bonds is 3. The van der Waals surface area contributed by atoms with Crippen LogP contribution in [0.25, 0.3) is 0 Å². The molecule has 0 amide bonds. The third kappa shape index (κ3) is 3.89. The Bertz CT molecular complexity index is 1140. The zero-order valence-corrected chi connectivity index (χ0v) is 28.8. The van der Waals surface area contributed by atoms with Crippen molar-refractivity contribution in [3.8, 4) is 0 Å². The van der Waals surface area contributed by atoms with Crippen molar-refractivity contribution >= 4 is 5.97 Å². The van der Waals surface area contributed by atoms with Gasteiger partial charge in [-0.25, -0.2) is 4.79 Å². The third-order valence-corrected chi connectivity index (χ3v) is 17.5. The molecule has 9 rings (SSSR count). The van der Waals surface area contributed by atoms with Crippen molar-refractivity contribution in [2.24, 2.45) is 56.2 Å². The van der Waals surface area contributed by atoms with Crippen LogP contribution in [0.2, 0.25) is 0 Å². The molecule has 5 saturated carbocycles. The van der Waals surface area contributed by atoms with Gasteiger partial charge in [0.15, 0.2) is 6.54 Å². The van der Waals surface area contributed by atoms with Crippen LogP contribution in [0.5, 0.6) is 0 Å². The highest BCUT2D eigenvalue weighted by Gasteiger charge is 2.73. The summed E-state index contributed by atoms with van der Waals surface area (Å²) in [7, 11) is 0. The monoisotopic (exact) mass is 595 g/mol. The lowest BCUT2D eigenvalue weighted by Crippen LogP contribution is -2.69. The molecule has 43 heavy (non-hydrogen) atoms. The van der Waals surface area contributed by atoms with Gasteiger partial charge in [-0.1, -0.05) is 48.5 Å². The molecule has 5 nitrogen and oxygen atoms in total. The molecule has 0 aromatic carbocycles. The highest BCUT2D eigenvalue weighted by molar-refractivity contribution is 5.71. The zero-order valence-electron chi connectivity index (χ0n) is 28.8. The number of hydrogen-bond donors (Lipinski definition) is 0. The van der Waals surface area contributed by atoms with Crippen LogP contribution in [0.4, 0.5) is 0 Å². The largest absolute Gasteiger partial charge is 0.458 e. The Morgan fingerprint density at radius 2 is 1.49 bits per heavy atom. The zero-order chi connectivity index (χ0) is 30.3. The van der Waals surface area contributed by atoms with Crippen LogP contribution >= 0.6 is 0 Å². The molecule has 4 heterocycles. The van der Waals surface area contributed by atoms with Crippen LogP contribution in [-0.4, -0.2) is 80.0 Å². The Labute approximate surface area is 262 Å². The average molecular weight is 596 g/mol.